The molecule has 0 atom stereocenters. The normalized spacial score (nSPS) is 15.6. The highest BCUT2D eigenvalue weighted by atomic mass is 32.1. The summed E-state index contributed by atoms with van der Waals surface area (Å²) in [5.41, 5.74) is 1.17. The number of thiazole rings is 1. The Kier molecular flexibility index (Phi) is 7.49. The highest BCUT2D eigenvalue weighted by Crippen LogP contribution is 2.27. The van der Waals surface area contributed by atoms with E-state index in [4.69, 9.17) is 0 Å². The quantitative estimate of drug-likeness (QED) is 0.530. The zero-order valence-electron chi connectivity index (χ0n) is 15.8. The smallest absolute Gasteiger partial charge is 0.191 e. The monoisotopic (exact) mass is 351 g/mol. The van der Waals surface area contributed by atoms with E-state index in [2.05, 4.69) is 65.5 Å². The number of hydrogen-bond donors (Lipinski definition) is 2. The second-order valence-corrected chi connectivity index (χ2v) is 7.95. The van der Waals surface area contributed by atoms with Crippen LogP contribution < -0.4 is 10.6 Å². The fourth-order valence-corrected chi connectivity index (χ4v) is 3.60. The van der Waals surface area contributed by atoms with Gasteiger partial charge in [-0.15, -0.1) is 11.3 Å². The lowest BCUT2D eigenvalue weighted by Crippen LogP contribution is -2.43. The Hall–Kier alpha value is -1.14. The SMILES string of the molecule is CCNC(=NCc1nc(C(C)C)cs1)NCCN(C(C)C)C1CC1. The molecule has 0 unspecified atom stereocenters. The van der Waals surface area contributed by atoms with E-state index in [1.54, 1.807) is 11.3 Å². The van der Waals surface area contributed by atoms with Crippen LogP contribution in [-0.2, 0) is 6.54 Å². The molecule has 1 fully saturated rings. The highest BCUT2D eigenvalue weighted by molar-refractivity contribution is 7.09. The minimum Gasteiger partial charge on any atom is -0.357 e. The molecule has 0 aliphatic heterocycles. The Morgan fingerprint density at radius 3 is 2.62 bits per heavy atom. The molecular formula is C18H33N5S. The highest BCUT2D eigenvalue weighted by Gasteiger charge is 2.30. The molecule has 0 spiro atoms. The summed E-state index contributed by atoms with van der Waals surface area (Å²) in [7, 11) is 0. The second kappa shape index (κ2) is 9.37. The molecule has 5 nitrogen and oxygen atoms in total. The van der Waals surface area contributed by atoms with Crippen LogP contribution in [0.5, 0.6) is 0 Å². The summed E-state index contributed by atoms with van der Waals surface area (Å²) in [5, 5.41) is 10.0. The predicted octanol–water partition coefficient (Wildman–Crippen LogP) is 3.19. The van der Waals surface area contributed by atoms with Crippen LogP contribution in [0.1, 0.15) is 64.1 Å². The molecule has 1 saturated carbocycles. The average molecular weight is 352 g/mol. The Morgan fingerprint density at radius 2 is 2.08 bits per heavy atom. The van der Waals surface area contributed by atoms with Crippen LogP contribution in [0.4, 0.5) is 0 Å². The van der Waals surface area contributed by atoms with Crippen molar-refractivity contribution in [2.45, 2.75) is 72.0 Å². The van der Waals surface area contributed by atoms with Gasteiger partial charge in [-0.3, -0.25) is 4.90 Å². The molecule has 24 heavy (non-hydrogen) atoms. The van der Waals surface area contributed by atoms with Crippen molar-refractivity contribution in [1.29, 1.82) is 0 Å². The van der Waals surface area contributed by atoms with E-state index < -0.39 is 0 Å². The van der Waals surface area contributed by atoms with Crippen molar-refractivity contribution in [2.24, 2.45) is 4.99 Å². The Morgan fingerprint density at radius 1 is 1.33 bits per heavy atom. The molecule has 2 N–H and O–H groups in total. The van der Waals surface area contributed by atoms with Crippen molar-refractivity contribution >= 4 is 17.3 Å². The zero-order chi connectivity index (χ0) is 17.5. The summed E-state index contributed by atoms with van der Waals surface area (Å²) >= 11 is 1.70. The van der Waals surface area contributed by atoms with Gasteiger partial charge < -0.3 is 10.6 Å². The summed E-state index contributed by atoms with van der Waals surface area (Å²) in [5.74, 6) is 1.37. The third-order valence-electron chi connectivity index (χ3n) is 4.22. The van der Waals surface area contributed by atoms with E-state index in [9.17, 15) is 0 Å². The maximum Gasteiger partial charge on any atom is 0.191 e. The third-order valence-corrected chi connectivity index (χ3v) is 5.07. The molecule has 0 saturated heterocycles. The summed E-state index contributed by atoms with van der Waals surface area (Å²) in [4.78, 5) is 11.9. The van der Waals surface area contributed by atoms with Crippen LogP contribution in [0, 0.1) is 0 Å². The molecule has 6 heteroatoms. The van der Waals surface area contributed by atoms with E-state index >= 15 is 0 Å². The van der Waals surface area contributed by atoms with Crippen molar-refractivity contribution in [3.8, 4) is 0 Å². The van der Waals surface area contributed by atoms with Crippen molar-refractivity contribution in [3.05, 3.63) is 16.1 Å². The number of aromatic nitrogens is 1. The lowest BCUT2D eigenvalue weighted by molar-refractivity contribution is 0.215. The summed E-state index contributed by atoms with van der Waals surface area (Å²) in [6.07, 6.45) is 2.71. The van der Waals surface area contributed by atoms with Gasteiger partial charge in [0.15, 0.2) is 5.96 Å². The second-order valence-electron chi connectivity index (χ2n) is 7.01. The van der Waals surface area contributed by atoms with Gasteiger partial charge in [0.2, 0.25) is 0 Å². The Bertz CT molecular complexity index is 517. The molecule has 0 aromatic carbocycles. The van der Waals surface area contributed by atoms with Gasteiger partial charge in [0.05, 0.1) is 12.2 Å². The minimum absolute atomic E-state index is 0.481. The maximum atomic E-state index is 4.68. The summed E-state index contributed by atoms with van der Waals surface area (Å²) in [6, 6.07) is 1.42. The van der Waals surface area contributed by atoms with Crippen molar-refractivity contribution in [3.63, 3.8) is 0 Å². The number of rotatable bonds is 9. The first-order valence-corrected chi connectivity index (χ1v) is 10.1. The average Bonchev–Trinajstić information content (AvgIpc) is 3.24. The molecular weight excluding hydrogens is 318 g/mol. The summed E-state index contributed by atoms with van der Waals surface area (Å²) < 4.78 is 0. The van der Waals surface area contributed by atoms with E-state index in [0.717, 1.165) is 36.6 Å². The molecule has 1 aliphatic carbocycles. The molecule has 0 amide bonds. The van der Waals surface area contributed by atoms with Crippen molar-refractivity contribution < 1.29 is 0 Å². The van der Waals surface area contributed by atoms with E-state index in [0.29, 0.717) is 18.5 Å². The molecule has 1 aliphatic rings. The first-order valence-electron chi connectivity index (χ1n) is 9.23. The standard InChI is InChI=1S/C18H33N5S/c1-6-19-18(20-9-10-23(14(4)5)15-7-8-15)21-11-17-22-16(12-24-17)13(2)3/h12-15H,6-11H2,1-5H3,(H2,19,20,21). The first-order chi connectivity index (χ1) is 11.5. The van der Waals surface area contributed by atoms with Gasteiger partial charge >= 0.3 is 0 Å². The zero-order valence-corrected chi connectivity index (χ0v) is 16.6. The fourth-order valence-electron chi connectivity index (χ4n) is 2.72. The third kappa shape index (κ3) is 6.06. The van der Waals surface area contributed by atoms with Crippen LogP contribution >= 0.6 is 11.3 Å². The van der Waals surface area contributed by atoms with Crippen molar-refractivity contribution in [1.82, 2.24) is 20.5 Å². The topological polar surface area (TPSA) is 52.6 Å². The largest absolute Gasteiger partial charge is 0.357 e. The van der Waals surface area contributed by atoms with E-state index in [1.807, 2.05) is 0 Å². The predicted molar refractivity (Wildman–Crippen MR) is 104 cm³/mol. The van der Waals surface area contributed by atoms with Crippen LogP contribution in [0.25, 0.3) is 0 Å². The van der Waals surface area contributed by atoms with Crippen molar-refractivity contribution in [2.75, 3.05) is 19.6 Å². The number of nitrogens with zero attached hydrogens (tertiary/aromatic N) is 3. The summed E-state index contributed by atoms with van der Waals surface area (Å²) in [6.45, 7) is 14.5. The van der Waals surface area contributed by atoms with Crippen LogP contribution in [0.2, 0.25) is 0 Å². The van der Waals surface area contributed by atoms with Crippen LogP contribution in [0.15, 0.2) is 10.4 Å². The maximum absolute atomic E-state index is 4.68. The number of aliphatic imine (C=N–C) groups is 1. The van der Waals surface area contributed by atoms with Gasteiger partial charge in [0.25, 0.3) is 0 Å². The molecule has 2 rings (SSSR count). The molecule has 1 aromatic heterocycles. The number of guanidine groups is 1. The molecule has 136 valence electrons. The lowest BCUT2D eigenvalue weighted by Gasteiger charge is -2.26. The van der Waals surface area contributed by atoms with Gasteiger partial charge in [-0.1, -0.05) is 13.8 Å². The Labute approximate surface area is 151 Å². The lowest BCUT2D eigenvalue weighted by atomic mass is 10.2. The molecule has 1 aromatic rings. The number of hydrogen-bond acceptors (Lipinski definition) is 4. The van der Waals surface area contributed by atoms with E-state index in [1.165, 1.54) is 18.5 Å². The van der Waals surface area contributed by atoms with Gasteiger partial charge in [0.1, 0.15) is 5.01 Å². The van der Waals surface area contributed by atoms with Gasteiger partial charge in [-0.25, -0.2) is 9.98 Å². The van der Waals surface area contributed by atoms with E-state index in [-0.39, 0.29) is 0 Å². The molecule has 0 radical (unpaired) electrons. The Balaban J connectivity index is 1.83. The van der Waals surface area contributed by atoms with Crippen LogP contribution in [-0.4, -0.2) is 47.6 Å². The number of nitrogens with one attached hydrogen (secondary N) is 2. The first kappa shape index (κ1) is 19.2. The van der Waals surface area contributed by atoms with Gasteiger partial charge in [-0.05, 0) is 39.5 Å². The minimum atomic E-state index is 0.481. The fraction of sp³-hybridized carbons (Fsp3) is 0.778. The molecule has 0 bridgehead atoms. The van der Waals surface area contributed by atoms with Gasteiger partial charge in [0, 0.05) is 37.1 Å². The molecule has 1 heterocycles. The van der Waals surface area contributed by atoms with Crippen LogP contribution in [0.3, 0.4) is 0 Å². The van der Waals surface area contributed by atoms with Gasteiger partial charge in [-0.2, -0.15) is 0 Å².